The molecule has 1 aliphatic carbocycles. The molecule has 1 atom stereocenters. The van der Waals surface area contributed by atoms with Crippen LogP contribution < -0.4 is 4.74 Å². The third kappa shape index (κ3) is 5.76. The maximum absolute atomic E-state index is 13.8. The van der Waals surface area contributed by atoms with E-state index in [9.17, 15) is 9.59 Å². The van der Waals surface area contributed by atoms with E-state index in [0.717, 1.165) is 12.8 Å². The van der Waals surface area contributed by atoms with Gasteiger partial charge < -0.3 is 14.5 Å². The van der Waals surface area contributed by atoms with Gasteiger partial charge in [-0.3, -0.25) is 9.59 Å². The second-order valence-electron chi connectivity index (χ2n) is 10.1. The largest absolute Gasteiger partial charge is 0.484 e. The minimum absolute atomic E-state index is 0.0113. The van der Waals surface area contributed by atoms with Crippen molar-refractivity contribution in [1.82, 2.24) is 9.80 Å². The molecule has 0 radical (unpaired) electrons. The molecule has 1 saturated heterocycles. The first kappa shape index (κ1) is 23.3. The molecule has 0 unspecified atom stereocenters. The summed E-state index contributed by atoms with van der Waals surface area (Å²) in [5, 5.41) is 0. The molecule has 2 aliphatic rings. The Labute approximate surface area is 197 Å². The van der Waals surface area contributed by atoms with Crippen molar-refractivity contribution in [3.63, 3.8) is 0 Å². The van der Waals surface area contributed by atoms with Gasteiger partial charge in [0, 0.05) is 31.6 Å². The highest BCUT2D eigenvalue weighted by Crippen LogP contribution is 2.42. The van der Waals surface area contributed by atoms with E-state index in [1.54, 1.807) is 0 Å². The van der Waals surface area contributed by atoms with E-state index in [2.05, 4.69) is 30.9 Å². The number of likely N-dealkylation sites (tertiary alicyclic amines) is 1. The van der Waals surface area contributed by atoms with E-state index in [1.807, 2.05) is 53.4 Å². The zero-order valence-corrected chi connectivity index (χ0v) is 19.9. The zero-order valence-electron chi connectivity index (χ0n) is 19.9. The Balaban J connectivity index is 1.37. The average molecular weight is 449 g/mol. The quantitative estimate of drug-likeness (QED) is 0.605. The summed E-state index contributed by atoms with van der Waals surface area (Å²) in [5.41, 5.74) is 1.31. The Hall–Kier alpha value is -2.82. The summed E-state index contributed by atoms with van der Waals surface area (Å²) in [6, 6.07) is 20.0. The zero-order chi connectivity index (χ0) is 23.3. The van der Waals surface area contributed by atoms with Gasteiger partial charge in [0.25, 0.3) is 5.91 Å². The number of carbonyl (C=O) groups excluding carboxylic acids is 2. The van der Waals surface area contributed by atoms with Crippen LogP contribution in [0.1, 0.15) is 51.5 Å². The fourth-order valence-corrected chi connectivity index (χ4v) is 5.37. The van der Waals surface area contributed by atoms with Crippen LogP contribution in [-0.4, -0.2) is 47.4 Å². The normalized spacial score (nSPS) is 20.4. The molecule has 5 heteroatoms. The highest BCUT2D eigenvalue weighted by Gasteiger charge is 2.42. The van der Waals surface area contributed by atoms with Crippen LogP contribution in [0.25, 0.3) is 0 Å². The van der Waals surface area contributed by atoms with Gasteiger partial charge in [-0.1, -0.05) is 68.8 Å². The average Bonchev–Trinajstić information content (AvgIpc) is 3.20. The third-order valence-electron chi connectivity index (χ3n) is 7.36. The fourth-order valence-electron chi connectivity index (χ4n) is 5.37. The van der Waals surface area contributed by atoms with Crippen LogP contribution in [0.2, 0.25) is 0 Å². The smallest absolute Gasteiger partial charge is 0.260 e. The number of nitrogens with zero attached hydrogens (tertiary/aromatic N) is 2. The van der Waals surface area contributed by atoms with Crippen LogP contribution >= 0.6 is 0 Å². The molecule has 2 fully saturated rings. The van der Waals surface area contributed by atoms with Crippen LogP contribution in [0.15, 0.2) is 60.7 Å². The Kier molecular flexibility index (Phi) is 7.36. The van der Waals surface area contributed by atoms with Gasteiger partial charge in [0.15, 0.2) is 6.61 Å². The lowest BCUT2D eigenvalue weighted by Crippen LogP contribution is -2.50. The second kappa shape index (κ2) is 10.4. The number of hydrogen-bond acceptors (Lipinski definition) is 3. The molecule has 0 N–H and O–H groups in total. The number of benzene rings is 2. The van der Waals surface area contributed by atoms with E-state index in [1.165, 1.54) is 12.0 Å². The Morgan fingerprint density at radius 2 is 1.61 bits per heavy atom. The van der Waals surface area contributed by atoms with Crippen molar-refractivity contribution in [3.8, 4) is 5.75 Å². The van der Waals surface area contributed by atoms with Gasteiger partial charge in [0.1, 0.15) is 5.75 Å². The summed E-state index contributed by atoms with van der Waals surface area (Å²) < 4.78 is 5.62. The topological polar surface area (TPSA) is 49.9 Å². The molecule has 2 aromatic rings. The number of hydrogen-bond donors (Lipinski definition) is 0. The Bertz CT molecular complexity index is 921. The molecule has 5 nitrogen and oxygen atoms in total. The van der Waals surface area contributed by atoms with Crippen molar-refractivity contribution in [1.29, 1.82) is 0 Å². The molecule has 33 heavy (non-hydrogen) atoms. The van der Waals surface area contributed by atoms with E-state index < -0.39 is 0 Å². The molecule has 176 valence electrons. The minimum atomic E-state index is -0.0239. The molecule has 1 saturated carbocycles. The molecular weight excluding hydrogens is 412 g/mol. The van der Waals surface area contributed by atoms with Crippen molar-refractivity contribution in [2.24, 2.45) is 11.3 Å². The molecular formula is C28H36N2O3. The fraction of sp³-hybridized carbons (Fsp3) is 0.500. The van der Waals surface area contributed by atoms with Gasteiger partial charge >= 0.3 is 0 Å². The van der Waals surface area contributed by atoms with Crippen LogP contribution in [0, 0.1) is 11.3 Å². The molecule has 1 aliphatic heterocycles. The van der Waals surface area contributed by atoms with Gasteiger partial charge in [-0.2, -0.15) is 0 Å². The van der Waals surface area contributed by atoms with Crippen molar-refractivity contribution in [2.45, 2.75) is 58.5 Å². The highest BCUT2D eigenvalue weighted by molar-refractivity contribution is 5.81. The molecule has 0 spiro atoms. The molecule has 1 heterocycles. The SMILES string of the molecule is CC1(C)CCC[C@@H]1N(Cc1ccccc1)C(=O)C1CCN(C(=O)COc2ccccc2)CC1. The van der Waals surface area contributed by atoms with Gasteiger partial charge in [-0.25, -0.2) is 0 Å². The summed E-state index contributed by atoms with van der Waals surface area (Å²) >= 11 is 0. The third-order valence-corrected chi connectivity index (χ3v) is 7.36. The minimum Gasteiger partial charge on any atom is -0.484 e. The van der Waals surface area contributed by atoms with Crippen LogP contribution in [0.5, 0.6) is 5.75 Å². The van der Waals surface area contributed by atoms with Gasteiger partial charge in [0.2, 0.25) is 5.91 Å². The highest BCUT2D eigenvalue weighted by atomic mass is 16.5. The lowest BCUT2D eigenvalue weighted by Gasteiger charge is -2.41. The van der Waals surface area contributed by atoms with Crippen LogP contribution in [-0.2, 0) is 16.1 Å². The predicted molar refractivity (Wildman–Crippen MR) is 130 cm³/mol. The Morgan fingerprint density at radius 3 is 2.21 bits per heavy atom. The molecule has 0 bridgehead atoms. The summed E-state index contributed by atoms with van der Waals surface area (Å²) in [5.74, 6) is 0.921. The summed E-state index contributed by atoms with van der Waals surface area (Å²) in [7, 11) is 0. The summed E-state index contributed by atoms with van der Waals surface area (Å²) in [4.78, 5) is 30.4. The predicted octanol–water partition coefficient (Wildman–Crippen LogP) is 4.91. The number of para-hydroxylation sites is 1. The van der Waals surface area contributed by atoms with Crippen LogP contribution in [0.4, 0.5) is 0 Å². The second-order valence-corrected chi connectivity index (χ2v) is 10.1. The van der Waals surface area contributed by atoms with Crippen molar-refractivity contribution in [3.05, 3.63) is 66.2 Å². The first-order valence-electron chi connectivity index (χ1n) is 12.2. The van der Waals surface area contributed by atoms with E-state index in [4.69, 9.17) is 4.74 Å². The summed E-state index contributed by atoms with van der Waals surface area (Å²) in [6.45, 7) is 6.52. The molecule has 4 rings (SSSR count). The first-order valence-corrected chi connectivity index (χ1v) is 12.2. The lowest BCUT2D eigenvalue weighted by atomic mass is 9.84. The van der Waals surface area contributed by atoms with Crippen molar-refractivity contribution < 1.29 is 14.3 Å². The first-order chi connectivity index (χ1) is 15.9. The van der Waals surface area contributed by atoms with E-state index in [-0.39, 0.29) is 35.8 Å². The number of ether oxygens (including phenoxy) is 1. The number of amides is 2. The molecule has 0 aromatic heterocycles. The maximum atomic E-state index is 13.8. The number of rotatable bonds is 7. The number of carbonyl (C=O) groups is 2. The molecule has 2 aromatic carbocycles. The summed E-state index contributed by atoms with van der Waals surface area (Å²) in [6.07, 6.45) is 4.83. The lowest BCUT2D eigenvalue weighted by molar-refractivity contribution is -0.145. The van der Waals surface area contributed by atoms with Crippen molar-refractivity contribution >= 4 is 11.8 Å². The van der Waals surface area contributed by atoms with Crippen molar-refractivity contribution in [2.75, 3.05) is 19.7 Å². The Morgan fingerprint density at radius 1 is 0.970 bits per heavy atom. The molecule has 2 amide bonds. The monoisotopic (exact) mass is 448 g/mol. The van der Waals surface area contributed by atoms with Crippen LogP contribution in [0.3, 0.4) is 0 Å². The van der Waals surface area contributed by atoms with E-state index in [0.29, 0.717) is 38.2 Å². The van der Waals surface area contributed by atoms with Gasteiger partial charge in [0.05, 0.1) is 0 Å². The van der Waals surface area contributed by atoms with Gasteiger partial charge in [-0.15, -0.1) is 0 Å². The van der Waals surface area contributed by atoms with Gasteiger partial charge in [-0.05, 0) is 48.8 Å². The standard InChI is InChI=1S/C28H36N2O3/c1-28(2)17-9-14-25(28)30(20-22-10-5-3-6-11-22)27(32)23-15-18-29(19-16-23)26(31)21-33-24-12-7-4-8-13-24/h3-8,10-13,23,25H,9,14-21H2,1-2H3/t25-/m0/s1. The number of piperidine rings is 1. The van der Waals surface area contributed by atoms with E-state index >= 15 is 0 Å². The maximum Gasteiger partial charge on any atom is 0.260 e.